The summed E-state index contributed by atoms with van der Waals surface area (Å²) in [5.74, 6) is 0. The molecule has 0 aliphatic heterocycles. The number of hydrogen-bond acceptors (Lipinski definition) is 2. The Hall–Kier alpha value is -0.920. The van der Waals surface area contributed by atoms with Crippen molar-refractivity contribution < 1.29 is 4.42 Å². The van der Waals surface area contributed by atoms with Gasteiger partial charge < -0.3 is 9.32 Å². The number of anilines is 1. The van der Waals surface area contributed by atoms with Crippen molar-refractivity contribution in [2.24, 2.45) is 0 Å². The van der Waals surface area contributed by atoms with E-state index in [4.69, 9.17) is 4.42 Å². The third-order valence-electron chi connectivity index (χ3n) is 1.58. The predicted molar refractivity (Wildman–Crippen MR) is 41.1 cm³/mol. The van der Waals surface area contributed by atoms with E-state index < -0.39 is 0 Å². The van der Waals surface area contributed by atoms with Gasteiger partial charge in [-0.2, -0.15) is 0 Å². The minimum absolute atomic E-state index is 1.02. The Balaban J connectivity index is 2.64. The summed E-state index contributed by atoms with van der Waals surface area (Å²) in [6.07, 6.45) is 4.38. The van der Waals surface area contributed by atoms with Crippen molar-refractivity contribution >= 4 is 5.69 Å². The summed E-state index contributed by atoms with van der Waals surface area (Å²) in [6.45, 7) is 6.28. The van der Waals surface area contributed by atoms with Crippen molar-refractivity contribution in [1.82, 2.24) is 0 Å². The SMILES string of the molecule is CCN(CC)c1c[c]oc1. The largest absolute Gasteiger partial charge is 0.459 e. The van der Waals surface area contributed by atoms with Gasteiger partial charge in [0, 0.05) is 19.2 Å². The Kier molecular flexibility index (Phi) is 2.37. The lowest BCUT2D eigenvalue weighted by Crippen LogP contribution is -2.20. The molecule has 0 unspecified atom stereocenters. The first kappa shape index (κ1) is 7.19. The molecule has 0 atom stereocenters. The Morgan fingerprint density at radius 2 is 2.20 bits per heavy atom. The van der Waals surface area contributed by atoms with Gasteiger partial charge in [0.25, 0.3) is 0 Å². The lowest BCUT2D eigenvalue weighted by molar-refractivity contribution is 0.557. The molecule has 0 aliphatic rings. The van der Waals surface area contributed by atoms with E-state index >= 15 is 0 Å². The molecule has 1 radical (unpaired) electrons. The molecule has 0 spiro atoms. The van der Waals surface area contributed by atoms with Gasteiger partial charge in [-0.25, -0.2) is 0 Å². The zero-order valence-corrected chi connectivity index (χ0v) is 6.42. The van der Waals surface area contributed by atoms with Crippen molar-refractivity contribution in [3.63, 3.8) is 0 Å². The van der Waals surface area contributed by atoms with Crippen LogP contribution in [-0.2, 0) is 0 Å². The first-order chi connectivity index (χ1) is 4.88. The number of nitrogens with zero attached hydrogens (tertiary/aromatic N) is 1. The Bertz CT molecular complexity index is 165. The fourth-order valence-electron chi connectivity index (χ4n) is 0.977. The monoisotopic (exact) mass is 138 g/mol. The van der Waals surface area contributed by atoms with E-state index in [2.05, 4.69) is 25.0 Å². The summed E-state index contributed by atoms with van der Waals surface area (Å²) >= 11 is 0. The lowest BCUT2D eigenvalue weighted by Gasteiger charge is -2.17. The van der Waals surface area contributed by atoms with E-state index in [0.29, 0.717) is 0 Å². The summed E-state index contributed by atoms with van der Waals surface area (Å²) in [5, 5.41) is 0. The van der Waals surface area contributed by atoms with Crippen molar-refractivity contribution in [2.75, 3.05) is 18.0 Å². The molecule has 1 heterocycles. The molecule has 1 aromatic heterocycles. The van der Waals surface area contributed by atoms with Crippen LogP contribution in [0.1, 0.15) is 13.8 Å². The van der Waals surface area contributed by atoms with E-state index in [9.17, 15) is 0 Å². The maximum absolute atomic E-state index is 4.83. The van der Waals surface area contributed by atoms with Crippen LogP contribution in [0.5, 0.6) is 0 Å². The molecule has 1 rings (SSSR count). The van der Waals surface area contributed by atoms with Gasteiger partial charge in [0.2, 0.25) is 0 Å². The summed E-state index contributed by atoms with van der Waals surface area (Å²) in [5.41, 5.74) is 1.12. The molecule has 0 bridgehead atoms. The normalized spacial score (nSPS) is 9.80. The standard InChI is InChI=1S/C8H12NO/c1-3-9(4-2)8-5-6-10-7-8/h5,7H,3-4H2,1-2H3. The van der Waals surface area contributed by atoms with Gasteiger partial charge in [0.15, 0.2) is 6.26 Å². The maximum Gasteiger partial charge on any atom is 0.171 e. The van der Waals surface area contributed by atoms with Crippen molar-refractivity contribution in [1.29, 1.82) is 0 Å². The summed E-state index contributed by atoms with van der Waals surface area (Å²) in [6, 6.07) is 1.85. The number of furan rings is 1. The van der Waals surface area contributed by atoms with Crippen LogP contribution < -0.4 is 4.90 Å². The highest BCUT2D eigenvalue weighted by Gasteiger charge is 2.00. The molecule has 0 aromatic carbocycles. The van der Waals surface area contributed by atoms with E-state index in [1.807, 2.05) is 6.07 Å². The molecule has 10 heavy (non-hydrogen) atoms. The van der Waals surface area contributed by atoms with Gasteiger partial charge in [0.05, 0.1) is 5.69 Å². The van der Waals surface area contributed by atoms with E-state index in [1.54, 1.807) is 6.26 Å². The number of hydrogen-bond donors (Lipinski definition) is 0. The molecule has 2 nitrogen and oxygen atoms in total. The van der Waals surface area contributed by atoms with Gasteiger partial charge in [-0.1, -0.05) is 0 Å². The molecule has 1 aromatic rings. The zero-order chi connectivity index (χ0) is 7.40. The van der Waals surface area contributed by atoms with E-state index in [1.165, 1.54) is 0 Å². The molecular weight excluding hydrogens is 126 g/mol. The van der Waals surface area contributed by atoms with Crippen molar-refractivity contribution in [3.05, 3.63) is 18.6 Å². The van der Waals surface area contributed by atoms with Crippen LogP contribution in [0.4, 0.5) is 5.69 Å². The first-order valence-electron chi connectivity index (χ1n) is 3.58. The number of rotatable bonds is 3. The van der Waals surface area contributed by atoms with E-state index in [-0.39, 0.29) is 0 Å². The second kappa shape index (κ2) is 3.30. The van der Waals surface area contributed by atoms with Gasteiger partial charge in [-0.05, 0) is 13.8 Å². The minimum Gasteiger partial charge on any atom is -0.459 e. The third kappa shape index (κ3) is 1.32. The average molecular weight is 138 g/mol. The molecule has 0 N–H and O–H groups in total. The molecule has 2 heteroatoms. The highest BCUT2D eigenvalue weighted by atomic mass is 16.3. The maximum atomic E-state index is 4.83. The molecular formula is C8H12NO. The second-order valence-corrected chi connectivity index (χ2v) is 2.10. The average Bonchev–Trinajstić information content (AvgIpc) is 2.43. The van der Waals surface area contributed by atoms with Crippen LogP contribution >= 0.6 is 0 Å². The summed E-state index contributed by atoms with van der Waals surface area (Å²) in [7, 11) is 0. The third-order valence-corrected chi connectivity index (χ3v) is 1.58. The summed E-state index contributed by atoms with van der Waals surface area (Å²) < 4.78 is 4.83. The molecule has 0 fully saturated rings. The van der Waals surface area contributed by atoms with Crippen LogP contribution in [0.2, 0.25) is 0 Å². The minimum atomic E-state index is 1.02. The van der Waals surface area contributed by atoms with Crippen LogP contribution in [0.3, 0.4) is 0 Å². The molecule has 0 amide bonds. The first-order valence-corrected chi connectivity index (χ1v) is 3.58. The van der Waals surface area contributed by atoms with Crippen molar-refractivity contribution in [3.8, 4) is 0 Å². The smallest absolute Gasteiger partial charge is 0.171 e. The van der Waals surface area contributed by atoms with Crippen molar-refractivity contribution in [2.45, 2.75) is 13.8 Å². The van der Waals surface area contributed by atoms with Gasteiger partial charge in [-0.15, -0.1) is 0 Å². The van der Waals surface area contributed by atoms with Crippen LogP contribution in [0, 0.1) is 6.26 Å². The second-order valence-electron chi connectivity index (χ2n) is 2.10. The van der Waals surface area contributed by atoms with E-state index in [0.717, 1.165) is 18.8 Å². The quantitative estimate of drug-likeness (QED) is 0.634. The van der Waals surface area contributed by atoms with Crippen LogP contribution in [0.25, 0.3) is 0 Å². The Labute approximate surface area is 61.4 Å². The molecule has 0 saturated heterocycles. The van der Waals surface area contributed by atoms with Gasteiger partial charge in [-0.3, -0.25) is 0 Å². The lowest BCUT2D eigenvalue weighted by atomic mass is 10.4. The zero-order valence-electron chi connectivity index (χ0n) is 6.42. The van der Waals surface area contributed by atoms with Gasteiger partial charge >= 0.3 is 0 Å². The van der Waals surface area contributed by atoms with Crippen LogP contribution in [0.15, 0.2) is 16.7 Å². The topological polar surface area (TPSA) is 16.4 Å². The van der Waals surface area contributed by atoms with Gasteiger partial charge in [0.1, 0.15) is 6.26 Å². The predicted octanol–water partition coefficient (Wildman–Crippen LogP) is 1.93. The Morgan fingerprint density at radius 1 is 1.50 bits per heavy atom. The highest BCUT2D eigenvalue weighted by molar-refractivity contribution is 5.41. The summed E-state index contributed by atoms with van der Waals surface area (Å²) in [4.78, 5) is 2.21. The fraction of sp³-hybridized carbons (Fsp3) is 0.500. The fourth-order valence-corrected chi connectivity index (χ4v) is 0.977. The molecule has 55 valence electrons. The van der Waals surface area contributed by atoms with Crippen LogP contribution in [-0.4, -0.2) is 13.1 Å². The molecule has 0 aliphatic carbocycles. The molecule has 0 saturated carbocycles. The Morgan fingerprint density at radius 3 is 2.60 bits per heavy atom. The highest BCUT2D eigenvalue weighted by Crippen LogP contribution is 2.12.